The number of benzene rings is 2. The van der Waals surface area contributed by atoms with E-state index in [0.717, 1.165) is 78.4 Å². The molecule has 1 aliphatic carbocycles. The maximum Gasteiger partial charge on any atom is 0.253 e. The fourth-order valence-electron chi connectivity index (χ4n) is 4.64. The smallest absolute Gasteiger partial charge is 0.253 e. The summed E-state index contributed by atoms with van der Waals surface area (Å²) in [4.78, 5) is 27.4. The van der Waals surface area contributed by atoms with Crippen LogP contribution in [0, 0.1) is 6.92 Å². The van der Waals surface area contributed by atoms with Crippen molar-refractivity contribution < 1.29 is 4.79 Å². The highest BCUT2D eigenvalue weighted by molar-refractivity contribution is 5.94. The van der Waals surface area contributed by atoms with Crippen LogP contribution in [-0.4, -0.2) is 56.7 Å². The molecule has 0 radical (unpaired) electrons. The predicted molar refractivity (Wildman–Crippen MR) is 133 cm³/mol. The molecule has 0 spiro atoms. The van der Waals surface area contributed by atoms with Gasteiger partial charge in [-0.1, -0.05) is 35.9 Å². The van der Waals surface area contributed by atoms with E-state index in [1.54, 1.807) is 0 Å². The highest BCUT2D eigenvalue weighted by Crippen LogP contribution is 2.40. The Bertz CT molecular complexity index is 1330. The normalized spacial score (nSPS) is 16.6. The number of carbonyl (C=O) groups is 1. The number of para-hydroxylation sites is 1. The second-order valence-electron chi connectivity index (χ2n) is 9.31. The molecule has 1 saturated heterocycles. The van der Waals surface area contributed by atoms with Gasteiger partial charge in [-0.05, 0) is 50.5 Å². The zero-order chi connectivity index (χ0) is 23.1. The first-order chi connectivity index (χ1) is 16.7. The largest absolute Gasteiger partial charge is 0.354 e. The number of aryl methyl sites for hydroxylation is 1. The SMILES string of the molecule is Cc1ccc(C(=O)N2CCCN(c3nc(C4CC4)nc4c3cnn4-c3ccccc3)CC2)cc1. The van der Waals surface area contributed by atoms with Crippen LogP contribution in [0.1, 0.15) is 46.9 Å². The number of carbonyl (C=O) groups excluding carboxylic acids is 1. The van der Waals surface area contributed by atoms with Crippen LogP contribution in [0.3, 0.4) is 0 Å². The number of hydrogen-bond acceptors (Lipinski definition) is 5. The Labute approximate surface area is 199 Å². The topological polar surface area (TPSA) is 67.2 Å². The van der Waals surface area contributed by atoms with Crippen LogP contribution >= 0.6 is 0 Å². The lowest BCUT2D eigenvalue weighted by Gasteiger charge is -2.24. The molecule has 6 rings (SSSR count). The third-order valence-electron chi connectivity index (χ3n) is 6.75. The summed E-state index contributed by atoms with van der Waals surface area (Å²) in [6, 6.07) is 18.0. The molecule has 0 atom stereocenters. The Balaban J connectivity index is 1.31. The molecule has 0 bridgehead atoms. The number of anilines is 1. The van der Waals surface area contributed by atoms with E-state index in [-0.39, 0.29) is 5.91 Å². The lowest BCUT2D eigenvalue weighted by Crippen LogP contribution is -2.35. The molecule has 1 saturated carbocycles. The first-order valence-corrected chi connectivity index (χ1v) is 12.1. The van der Waals surface area contributed by atoms with Gasteiger partial charge in [0.2, 0.25) is 0 Å². The maximum absolute atomic E-state index is 13.1. The fraction of sp³-hybridized carbons (Fsp3) is 0.333. The van der Waals surface area contributed by atoms with Crippen molar-refractivity contribution in [3.05, 3.63) is 77.7 Å². The van der Waals surface area contributed by atoms with Crippen molar-refractivity contribution >= 4 is 22.8 Å². The fourth-order valence-corrected chi connectivity index (χ4v) is 4.64. The van der Waals surface area contributed by atoms with Gasteiger partial charge < -0.3 is 9.80 Å². The molecule has 1 aliphatic heterocycles. The second-order valence-corrected chi connectivity index (χ2v) is 9.31. The summed E-state index contributed by atoms with van der Waals surface area (Å²) >= 11 is 0. The standard InChI is InChI=1S/C27H28N6O/c1-19-8-10-21(11-9-19)27(34)32-15-5-14-31(16-17-32)25-23-18-28-33(22-6-3-2-4-7-22)26(23)30-24(29-25)20-12-13-20/h2-4,6-11,18,20H,5,12-17H2,1H3. The molecule has 0 unspecified atom stereocenters. The number of rotatable bonds is 4. The average Bonchev–Trinajstić information content (AvgIpc) is 3.67. The van der Waals surface area contributed by atoms with Gasteiger partial charge in [-0.25, -0.2) is 14.6 Å². The summed E-state index contributed by atoms with van der Waals surface area (Å²) in [5, 5.41) is 5.64. The Morgan fingerprint density at radius 2 is 1.71 bits per heavy atom. The molecule has 7 heteroatoms. The lowest BCUT2D eigenvalue weighted by molar-refractivity contribution is 0.0767. The monoisotopic (exact) mass is 452 g/mol. The van der Waals surface area contributed by atoms with Crippen molar-refractivity contribution in [2.75, 3.05) is 31.1 Å². The maximum atomic E-state index is 13.1. The Kier molecular flexibility index (Phi) is 5.24. The Morgan fingerprint density at radius 3 is 2.47 bits per heavy atom. The summed E-state index contributed by atoms with van der Waals surface area (Å²) in [7, 11) is 0. The minimum absolute atomic E-state index is 0.102. The van der Waals surface area contributed by atoms with Gasteiger partial charge in [0.1, 0.15) is 11.6 Å². The Hall–Kier alpha value is -3.74. The summed E-state index contributed by atoms with van der Waals surface area (Å²) in [6.07, 6.45) is 5.07. The molecule has 7 nitrogen and oxygen atoms in total. The minimum atomic E-state index is 0.102. The molecule has 3 heterocycles. The first-order valence-electron chi connectivity index (χ1n) is 12.1. The predicted octanol–water partition coefficient (Wildman–Crippen LogP) is 4.35. The van der Waals surface area contributed by atoms with Gasteiger partial charge in [-0.15, -0.1) is 0 Å². The van der Waals surface area contributed by atoms with Crippen LogP contribution in [0.5, 0.6) is 0 Å². The third-order valence-corrected chi connectivity index (χ3v) is 6.75. The number of aromatic nitrogens is 4. The van der Waals surface area contributed by atoms with Crippen molar-refractivity contribution in [3.63, 3.8) is 0 Å². The van der Waals surface area contributed by atoms with Gasteiger partial charge in [0, 0.05) is 37.7 Å². The first kappa shape index (κ1) is 20.8. The quantitative estimate of drug-likeness (QED) is 0.460. The number of fused-ring (bicyclic) bond motifs is 1. The zero-order valence-electron chi connectivity index (χ0n) is 19.4. The molecular weight excluding hydrogens is 424 g/mol. The van der Waals surface area contributed by atoms with Gasteiger partial charge in [0.25, 0.3) is 5.91 Å². The number of nitrogens with zero attached hydrogens (tertiary/aromatic N) is 6. The molecule has 0 N–H and O–H groups in total. The van der Waals surface area contributed by atoms with Crippen molar-refractivity contribution in [2.24, 2.45) is 0 Å². The van der Waals surface area contributed by atoms with Crippen molar-refractivity contribution in [1.29, 1.82) is 0 Å². The van der Waals surface area contributed by atoms with Crippen LogP contribution in [0.25, 0.3) is 16.7 Å². The summed E-state index contributed by atoms with van der Waals surface area (Å²) in [5.41, 5.74) is 3.77. The van der Waals surface area contributed by atoms with Crippen LogP contribution < -0.4 is 4.90 Å². The van der Waals surface area contributed by atoms with E-state index in [0.29, 0.717) is 12.5 Å². The van der Waals surface area contributed by atoms with Gasteiger partial charge in [0.05, 0.1) is 17.3 Å². The summed E-state index contributed by atoms with van der Waals surface area (Å²) < 4.78 is 1.91. The number of amides is 1. The van der Waals surface area contributed by atoms with E-state index in [1.807, 2.05) is 77.3 Å². The highest BCUT2D eigenvalue weighted by atomic mass is 16.2. The van der Waals surface area contributed by atoms with E-state index in [1.165, 1.54) is 0 Å². The van der Waals surface area contributed by atoms with Gasteiger partial charge in [-0.2, -0.15) is 5.10 Å². The van der Waals surface area contributed by atoms with E-state index in [4.69, 9.17) is 9.97 Å². The van der Waals surface area contributed by atoms with E-state index < -0.39 is 0 Å². The summed E-state index contributed by atoms with van der Waals surface area (Å²) in [5.74, 6) is 2.40. The highest BCUT2D eigenvalue weighted by Gasteiger charge is 2.30. The van der Waals surface area contributed by atoms with Crippen LogP contribution in [-0.2, 0) is 0 Å². The lowest BCUT2D eigenvalue weighted by atomic mass is 10.1. The molecule has 2 aromatic carbocycles. The molecule has 1 amide bonds. The van der Waals surface area contributed by atoms with Crippen LogP contribution in [0.2, 0.25) is 0 Å². The molecule has 4 aromatic rings. The van der Waals surface area contributed by atoms with E-state index in [2.05, 4.69) is 10.00 Å². The van der Waals surface area contributed by atoms with Crippen molar-refractivity contribution in [2.45, 2.75) is 32.1 Å². The third kappa shape index (κ3) is 3.91. The molecule has 34 heavy (non-hydrogen) atoms. The van der Waals surface area contributed by atoms with Crippen LogP contribution in [0.4, 0.5) is 5.82 Å². The number of hydrogen-bond donors (Lipinski definition) is 0. The summed E-state index contributed by atoms with van der Waals surface area (Å²) in [6.45, 7) is 5.05. The second kappa shape index (κ2) is 8.56. The zero-order valence-corrected chi connectivity index (χ0v) is 19.4. The average molecular weight is 453 g/mol. The van der Waals surface area contributed by atoms with Gasteiger partial charge in [0.15, 0.2) is 5.65 Å². The minimum Gasteiger partial charge on any atom is -0.354 e. The van der Waals surface area contributed by atoms with Gasteiger partial charge in [-0.3, -0.25) is 4.79 Å². The van der Waals surface area contributed by atoms with E-state index >= 15 is 0 Å². The van der Waals surface area contributed by atoms with E-state index in [9.17, 15) is 4.79 Å². The molecule has 172 valence electrons. The Morgan fingerprint density at radius 1 is 0.912 bits per heavy atom. The molecular formula is C27H28N6O. The van der Waals surface area contributed by atoms with Crippen molar-refractivity contribution in [3.8, 4) is 5.69 Å². The molecule has 2 fully saturated rings. The molecule has 2 aromatic heterocycles. The van der Waals surface area contributed by atoms with Crippen LogP contribution in [0.15, 0.2) is 60.8 Å². The van der Waals surface area contributed by atoms with Crippen molar-refractivity contribution in [1.82, 2.24) is 24.6 Å². The molecule has 2 aliphatic rings. The van der Waals surface area contributed by atoms with Gasteiger partial charge >= 0.3 is 0 Å².